The Morgan fingerprint density at radius 1 is 1.00 bits per heavy atom. The number of nitrogens with two attached hydrogens (primary N) is 1. The van der Waals surface area contributed by atoms with Crippen LogP contribution in [0.3, 0.4) is 0 Å². The third-order valence-corrected chi connectivity index (χ3v) is 2.71. The first-order chi connectivity index (χ1) is 9.22. The summed E-state index contributed by atoms with van der Waals surface area (Å²) < 4.78 is 13.2. The summed E-state index contributed by atoms with van der Waals surface area (Å²) in [5.41, 5.74) is 7.03. The van der Waals surface area contributed by atoms with Crippen molar-refractivity contribution < 1.29 is 4.39 Å². The summed E-state index contributed by atoms with van der Waals surface area (Å²) >= 11 is 0. The number of fused-ring (bicyclic) bond motifs is 1. The minimum absolute atomic E-state index is 0.178. The van der Waals surface area contributed by atoms with Crippen molar-refractivity contribution in [2.45, 2.75) is 0 Å². The van der Waals surface area contributed by atoms with Gasteiger partial charge in [0.05, 0.1) is 5.52 Å². The lowest BCUT2D eigenvalue weighted by Crippen LogP contribution is -2.01. The van der Waals surface area contributed by atoms with Crippen molar-refractivity contribution in [3.63, 3.8) is 0 Å². The van der Waals surface area contributed by atoms with Gasteiger partial charge in [0.25, 0.3) is 0 Å². The van der Waals surface area contributed by atoms with E-state index < -0.39 is 0 Å². The zero-order chi connectivity index (χ0) is 13.2. The number of hydrogen-bond donors (Lipinski definition) is 2. The number of nitrogens with zero attached hydrogens (tertiary/aromatic N) is 2. The van der Waals surface area contributed by atoms with Gasteiger partial charge in [-0.3, -0.25) is 0 Å². The van der Waals surface area contributed by atoms with Crippen LogP contribution in [0.5, 0.6) is 0 Å². The maximum atomic E-state index is 13.2. The van der Waals surface area contributed by atoms with Gasteiger partial charge in [-0.25, -0.2) is 9.37 Å². The Balaban J connectivity index is 2.09. The quantitative estimate of drug-likeness (QED) is 0.737. The molecule has 0 amide bonds. The molecule has 0 radical (unpaired) electrons. The number of nitrogens with one attached hydrogen (secondary N) is 1. The fourth-order valence-corrected chi connectivity index (χ4v) is 1.89. The summed E-state index contributed by atoms with van der Waals surface area (Å²) in [5, 5.41) is 3.89. The highest BCUT2D eigenvalue weighted by atomic mass is 19.1. The van der Waals surface area contributed by atoms with Crippen molar-refractivity contribution in [2.75, 3.05) is 11.1 Å². The molecule has 94 valence electrons. The molecule has 0 saturated carbocycles. The zero-order valence-corrected chi connectivity index (χ0v) is 9.97. The summed E-state index contributed by atoms with van der Waals surface area (Å²) in [6, 6.07) is 13.7. The average molecular weight is 254 g/mol. The molecule has 19 heavy (non-hydrogen) atoms. The minimum atomic E-state index is -0.309. The Morgan fingerprint density at radius 2 is 1.84 bits per heavy atom. The molecule has 0 spiro atoms. The molecule has 1 aromatic heterocycles. The second kappa shape index (κ2) is 4.53. The van der Waals surface area contributed by atoms with Gasteiger partial charge in [0.2, 0.25) is 5.95 Å². The molecule has 3 rings (SSSR count). The largest absolute Gasteiger partial charge is 0.368 e. The lowest BCUT2D eigenvalue weighted by Gasteiger charge is -2.09. The standard InChI is InChI=1S/C14H11FN4/c15-9-4-3-5-10(8-9)17-13-11-6-1-2-7-12(11)18-14(16)19-13/h1-8H,(H3,16,17,18,19). The van der Waals surface area contributed by atoms with Crippen LogP contribution < -0.4 is 11.1 Å². The van der Waals surface area contributed by atoms with Crippen molar-refractivity contribution in [1.82, 2.24) is 9.97 Å². The molecule has 2 aromatic carbocycles. The van der Waals surface area contributed by atoms with Crippen LogP contribution in [0, 0.1) is 5.82 Å². The van der Waals surface area contributed by atoms with E-state index >= 15 is 0 Å². The SMILES string of the molecule is Nc1nc(Nc2cccc(F)c2)c2ccccc2n1. The van der Waals surface area contributed by atoms with Crippen LogP contribution in [0.25, 0.3) is 10.9 Å². The number of halogens is 1. The van der Waals surface area contributed by atoms with Crippen molar-refractivity contribution in [3.05, 3.63) is 54.3 Å². The van der Waals surface area contributed by atoms with E-state index in [0.717, 1.165) is 10.9 Å². The van der Waals surface area contributed by atoms with Crippen molar-refractivity contribution in [2.24, 2.45) is 0 Å². The Labute approximate surface area is 109 Å². The summed E-state index contributed by atoms with van der Waals surface area (Å²) in [4.78, 5) is 8.31. The van der Waals surface area contributed by atoms with Gasteiger partial charge in [-0.15, -0.1) is 0 Å². The molecular weight excluding hydrogens is 243 g/mol. The van der Waals surface area contributed by atoms with Crippen LogP contribution in [0.15, 0.2) is 48.5 Å². The van der Waals surface area contributed by atoms with E-state index in [0.29, 0.717) is 11.5 Å². The highest BCUT2D eigenvalue weighted by Gasteiger charge is 2.06. The van der Waals surface area contributed by atoms with Gasteiger partial charge in [0.15, 0.2) is 0 Å². The summed E-state index contributed by atoms with van der Waals surface area (Å²) in [5.74, 6) is 0.433. The van der Waals surface area contributed by atoms with Crippen LogP contribution in [-0.2, 0) is 0 Å². The summed E-state index contributed by atoms with van der Waals surface area (Å²) in [6.07, 6.45) is 0. The first kappa shape index (κ1) is 11.4. The zero-order valence-electron chi connectivity index (χ0n) is 9.97. The second-order valence-electron chi connectivity index (χ2n) is 4.08. The number of hydrogen-bond acceptors (Lipinski definition) is 4. The minimum Gasteiger partial charge on any atom is -0.368 e. The monoisotopic (exact) mass is 254 g/mol. The molecule has 0 unspecified atom stereocenters. The maximum Gasteiger partial charge on any atom is 0.222 e. The molecule has 3 N–H and O–H groups in total. The summed E-state index contributed by atoms with van der Waals surface area (Å²) in [7, 11) is 0. The molecular formula is C14H11FN4. The topological polar surface area (TPSA) is 63.8 Å². The number of para-hydroxylation sites is 1. The molecule has 0 aliphatic rings. The average Bonchev–Trinajstić information content (AvgIpc) is 2.38. The van der Waals surface area contributed by atoms with Crippen LogP contribution >= 0.6 is 0 Å². The maximum absolute atomic E-state index is 13.2. The molecule has 4 nitrogen and oxygen atoms in total. The lowest BCUT2D eigenvalue weighted by molar-refractivity contribution is 0.628. The molecule has 0 bridgehead atoms. The number of aromatic nitrogens is 2. The van der Waals surface area contributed by atoms with Crippen LogP contribution in [0.4, 0.5) is 21.8 Å². The Kier molecular flexibility index (Phi) is 2.72. The van der Waals surface area contributed by atoms with E-state index in [4.69, 9.17) is 5.73 Å². The third-order valence-electron chi connectivity index (χ3n) is 2.71. The van der Waals surface area contributed by atoms with Gasteiger partial charge in [-0.05, 0) is 30.3 Å². The molecule has 0 saturated heterocycles. The van der Waals surface area contributed by atoms with Gasteiger partial charge in [-0.1, -0.05) is 18.2 Å². The Morgan fingerprint density at radius 3 is 2.68 bits per heavy atom. The fraction of sp³-hybridized carbons (Fsp3) is 0. The molecule has 0 aliphatic heterocycles. The van der Waals surface area contributed by atoms with E-state index in [1.807, 2.05) is 24.3 Å². The van der Waals surface area contributed by atoms with Crippen molar-refractivity contribution >= 4 is 28.4 Å². The van der Waals surface area contributed by atoms with E-state index in [9.17, 15) is 4.39 Å². The smallest absolute Gasteiger partial charge is 0.222 e. The molecule has 5 heteroatoms. The van der Waals surface area contributed by atoms with Gasteiger partial charge in [0, 0.05) is 11.1 Å². The molecule has 0 fully saturated rings. The highest BCUT2D eigenvalue weighted by Crippen LogP contribution is 2.24. The first-order valence-corrected chi connectivity index (χ1v) is 5.77. The number of nitrogen functional groups attached to an aromatic ring is 1. The number of rotatable bonds is 2. The van der Waals surface area contributed by atoms with Gasteiger partial charge in [0.1, 0.15) is 11.6 Å². The highest BCUT2D eigenvalue weighted by molar-refractivity contribution is 5.91. The third kappa shape index (κ3) is 2.30. The number of benzene rings is 2. The Hall–Kier alpha value is -2.69. The van der Waals surface area contributed by atoms with Crippen LogP contribution in [-0.4, -0.2) is 9.97 Å². The van der Waals surface area contributed by atoms with Crippen molar-refractivity contribution in [1.29, 1.82) is 0 Å². The van der Waals surface area contributed by atoms with E-state index in [-0.39, 0.29) is 11.8 Å². The Bertz CT molecular complexity index is 742. The molecule has 0 atom stereocenters. The van der Waals surface area contributed by atoms with Crippen LogP contribution in [0.2, 0.25) is 0 Å². The lowest BCUT2D eigenvalue weighted by atomic mass is 10.2. The van der Waals surface area contributed by atoms with Crippen LogP contribution in [0.1, 0.15) is 0 Å². The normalized spacial score (nSPS) is 10.6. The molecule has 3 aromatic rings. The molecule has 0 aliphatic carbocycles. The van der Waals surface area contributed by atoms with Crippen molar-refractivity contribution in [3.8, 4) is 0 Å². The van der Waals surface area contributed by atoms with Gasteiger partial charge < -0.3 is 11.1 Å². The number of anilines is 3. The fourth-order valence-electron chi connectivity index (χ4n) is 1.89. The summed E-state index contributed by atoms with van der Waals surface area (Å²) in [6.45, 7) is 0. The van der Waals surface area contributed by atoms with E-state index in [1.54, 1.807) is 12.1 Å². The first-order valence-electron chi connectivity index (χ1n) is 5.77. The predicted octanol–water partition coefficient (Wildman–Crippen LogP) is 3.09. The van der Waals surface area contributed by atoms with Gasteiger partial charge in [-0.2, -0.15) is 4.98 Å². The van der Waals surface area contributed by atoms with E-state index in [1.165, 1.54) is 12.1 Å². The van der Waals surface area contributed by atoms with E-state index in [2.05, 4.69) is 15.3 Å². The molecule has 1 heterocycles. The second-order valence-corrected chi connectivity index (χ2v) is 4.08. The van der Waals surface area contributed by atoms with Gasteiger partial charge >= 0.3 is 0 Å². The predicted molar refractivity (Wildman–Crippen MR) is 73.6 cm³/mol.